The van der Waals surface area contributed by atoms with Gasteiger partial charge in [-0.3, -0.25) is 14.4 Å². The number of benzene rings is 1. The van der Waals surface area contributed by atoms with Crippen LogP contribution in [0.15, 0.2) is 18.2 Å². The van der Waals surface area contributed by atoms with Crippen molar-refractivity contribution < 1.29 is 28.6 Å². The van der Waals surface area contributed by atoms with Gasteiger partial charge in [0.25, 0.3) is 0 Å². The Morgan fingerprint density at radius 1 is 0.897 bits per heavy atom. The van der Waals surface area contributed by atoms with Crippen LogP contribution in [0, 0.1) is 10.8 Å². The summed E-state index contributed by atoms with van der Waals surface area (Å²) in [6, 6.07) is 3.89. The van der Waals surface area contributed by atoms with Gasteiger partial charge in [0, 0.05) is 0 Å². The first-order valence-corrected chi connectivity index (χ1v) is 9.65. The second-order valence-corrected chi connectivity index (χ2v) is 9.36. The Balaban J connectivity index is 3.16. The van der Waals surface area contributed by atoms with Gasteiger partial charge in [0.1, 0.15) is 6.04 Å². The molecule has 1 aromatic carbocycles. The molecule has 0 saturated heterocycles. The molecule has 7 nitrogen and oxygen atoms in total. The van der Waals surface area contributed by atoms with Crippen molar-refractivity contribution in [1.29, 1.82) is 0 Å². The van der Waals surface area contributed by atoms with Gasteiger partial charge >= 0.3 is 17.9 Å². The zero-order valence-electron chi connectivity index (χ0n) is 18.6. The Hall–Kier alpha value is -2.41. The lowest BCUT2D eigenvalue weighted by molar-refractivity contribution is -0.149. The van der Waals surface area contributed by atoms with Crippen LogP contribution in [-0.2, 0) is 25.5 Å². The van der Waals surface area contributed by atoms with E-state index >= 15 is 0 Å². The van der Waals surface area contributed by atoms with Crippen LogP contribution < -0.4 is 15.2 Å². The van der Waals surface area contributed by atoms with Crippen LogP contribution in [0.2, 0.25) is 0 Å². The van der Waals surface area contributed by atoms with Crippen LogP contribution in [0.25, 0.3) is 0 Å². The molecule has 0 amide bonds. The maximum atomic E-state index is 12.4. The molecule has 0 unspecified atom stereocenters. The second kappa shape index (κ2) is 9.39. The van der Waals surface area contributed by atoms with E-state index in [1.807, 2.05) is 0 Å². The lowest BCUT2D eigenvalue weighted by atomic mass is 9.97. The van der Waals surface area contributed by atoms with Crippen LogP contribution in [0.1, 0.15) is 61.0 Å². The third-order valence-electron chi connectivity index (χ3n) is 3.75. The summed E-state index contributed by atoms with van der Waals surface area (Å²) in [5, 5.41) is 0. The third-order valence-corrected chi connectivity index (χ3v) is 3.75. The molecule has 0 bridgehead atoms. The third kappa shape index (κ3) is 7.85. The zero-order valence-corrected chi connectivity index (χ0v) is 18.6. The topological polar surface area (TPSA) is 105 Å². The number of ether oxygens (including phenoxy) is 3. The van der Waals surface area contributed by atoms with Crippen LogP contribution >= 0.6 is 0 Å². The van der Waals surface area contributed by atoms with Crippen LogP contribution in [0.4, 0.5) is 0 Å². The van der Waals surface area contributed by atoms with Crippen molar-refractivity contribution in [2.75, 3.05) is 0 Å². The highest BCUT2D eigenvalue weighted by Crippen LogP contribution is 2.32. The van der Waals surface area contributed by atoms with Gasteiger partial charge in [-0.05, 0) is 79.5 Å². The van der Waals surface area contributed by atoms with Crippen molar-refractivity contribution >= 4 is 17.9 Å². The Morgan fingerprint density at radius 2 is 1.38 bits per heavy atom. The Kier molecular flexibility index (Phi) is 7.98. The molecule has 162 valence electrons. The maximum Gasteiger partial charge on any atom is 0.323 e. The van der Waals surface area contributed by atoms with E-state index in [4.69, 9.17) is 19.9 Å². The lowest BCUT2D eigenvalue weighted by Gasteiger charge is -2.21. The summed E-state index contributed by atoms with van der Waals surface area (Å²) in [4.78, 5) is 36.6. The predicted molar refractivity (Wildman–Crippen MR) is 110 cm³/mol. The van der Waals surface area contributed by atoms with E-state index in [-0.39, 0.29) is 24.0 Å². The lowest BCUT2D eigenvalue weighted by Crippen LogP contribution is -2.35. The van der Waals surface area contributed by atoms with E-state index in [0.29, 0.717) is 5.56 Å². The fraction of sp³-hybridized carbons (Fsp3) is 0.591. The largest absolute Gasteiger partial charge is 0.462 e. The number of nitrogens with two attached hydrogens (primary N) is 1. The highest BCUT2D eigenvalue weighted by atomic mass is 16.6. The van der Waals surface area contributed by atoms with E-state index in [0.717, 1.165) is 0 Å². The summed E-state index contributed by atoms with van der Waals surface area (Å²) in [7, 11) is 0. The molecule has 1 rings (SSSR count). The van der Waals surface area contributed by atoms with Gasteiger partial charge in [0.15, 0.2) is 11.5 Å². The zero-order chi connectivity index (χ0) is 22.6. The van der Waals surface area contributed by atoms with Crippen molar-refractivity contribution in [3.05, 3.63) is 23.8 Å². The first-order chi connectivity index (χ1) is 13.1. The molecule has 1 atom stereocenters. The Bertz CT molecular complexity index is 756. The van der Waals surface area contributed by atoms with Crippen molar-refractivity contribution in [2.45, 2.75) is 74.0 Å². The minimum absolute atomic E-state index is 0.101. The molecule has 1 aromatic rings. The van der Waals surface area contributed by atoms with E-state index in [1.165, 1.54) is 6.07 Å². The highest BCUT2D eigenvalue weighted by Gasteiger charge is 2.28. The molecular formula is C22H33NO6. The Morgan fingerprint density at radius 3 is 1.83 bits per heavy atom. The van der Waals surface area contributed by atoms with Crippen molar-refractivity contribution in [3.8, 4) is 11.5 Å². The second-order valence-electron chi connectivity index (χ2n) is 9.36. The van der Waals surface area contributed by atoms with Gasteiger partial charge < -0.3 is 19.9 Å². The van der Waals surface area contributed by atoms with Gasteiger partial charge in [-0.2, -0.15) is 0 Å². The number of carbonyl (C=O) groups is 3. The van der Waals surface area contributed by atoms with Crippen LogP contribution in [-0.4, -0.2) is 30.1 Å². The van der Waals surface area contributed by atoms with Gasteiger partial charge in [-0.1, -0.05) is 6.07 Å². The van der Waals surface area contributed by atoms with Gasteiger partial charge in [0.05, 0.1) is 16.9 Å². The average molecular weight is 408 g/mol. The molecule has 0 aromatic heterocycles. The molecule has 0 aliphatic rings. The minimum atomic E-state index is -0.869. The van der Waals surface area contributed by atoms with E-state index in [1.54, 1.807) is 67.5 Å². The Labute approximate surface area is 172 Å². The van der Waals surface area contributed by atoms with E-state index < -0.39 is 34.8 Å². The normalized spacial score (nSPS) is 13.0. The number of rotatable bonds is 6. The molecule has 0 radical (unpaired) electrons. The van der Waals surface area contributed by atoms with E-state index in [2.05, 4.69) is 0 Å². The fourth-order valence-corrected chi connectivity index (χ4v) is 2.01. The predicted octanol–water partition coefficient (Wildman–Crippen LogP) is 3.41. The summed E-state index contributed by atoms with van der Waals surface area (Å²) in [6.45, 7) is 13.8. The van der Waals surface area contributed by atoms with Crippen molar-refractivity contribution in [2.24, 2.45) is 16.6 Å². The molecule has 2 N–H and O–H groups in total. The number of hydrogen-bond acceptors (Lipinski definition) is 7. The summed E-state index contributed by atoms with van der Waals surface area (Å²) >= 11 is 0. The summed E-state index contributed by atoms with van der Waals surface area (Å²) in [5.74, 6) is -1.23. The quantitative estimate of drug-likeness (QED) is 0.569. The monoisotopic (exact) mass is 407 g/mol. The van der Waals surface area contributed by atoms with Gasteiger partial charge in [0.2, 0.25) is 0 Å². The van der Waals surface area contributed by atoms with Gasteiger partial charge in [-0.15, -0.1) is 0 Å². The first kappa shape index (κ1) is 24.6. The standard InChI is InChI=1S/C22H33NO6/c1-13(2)27-18(24)15(23)11-14-9-10-16(28-19(25)21(3,4)5)17(12-14)29-20(26)22(6,7)8/h9-10,12-13,15H,11,23H2,1-8H3/t15-/m1/s1. The molecule has 29 heavy (non-hydrogen) atoms. The molecule has 0 fully saturated rings. The molecule has 0 aliphatic heterocycles. The maximum absolute atomic E-state index is 12.4. The summed E-state index contributed by atoms with van der Waals surface area (Å²) in [6.07, 6.45) is -0.0879. The summed E-state index contributed by atoms with van der Waals surface area (Å²) in [5.41, 5.74) is 5.09. The molecule has 0 saturated carbocycles. The molecule has 0 heterocycles. The van der Waals surface area contributed by atoms with E-state index in [9.17, 15) is 14.4 Å². The molecular weight excluding hydrogens is 374 g/mol. The molecule has 7 heteroatoms. The van der Waals surface area contributed by atoms with Crippen LogP contribution in [0.5, 0.6) is 11.5 Å². The van der Waals surface area contributed by atoms with Gasteiger partial charge in [-0.25, -0.2) is 0 Å². The fourth-order valence-electron chi connectivity index (χ4n) is 2.01. The van der Waals surface area contributed by atoms with Crippen LogP contribution in [0.3, 0.4) is 0 Å². The van der Waals surface area contributed by atoms with Crippen molar-refractivity contribution in [3.63, 3.8) is 0 Å². The number of hydrogen-bond donors (Lipinski definition) is 1. The number of carbonyl (C=O) groups excluding carboxylic acids is 3. The minimum Gasteiger partial charge on any atom is -0.462 e. The smallest absolute Gasteiger partial charge is 0.323 e. The number of esters is 3. The molecule has 0 spiro atoms. The average Bonchev–Trinajstić information content (AvgIpc) is 2.54. The van der Waals surface area contributed by atoms with Crippen molar-refractivity contribution in [1.82, 2.24) is 0 Å². The summed E-state index contributed by atoms with van der Waals surface area (Å²) < 4.78 is 16.1. The SMILES string of the molecule is CC(C)OC(=O)[C@H](N)Cc1ccc(OC(=O)C(C)(C)C)c(OC(=O)C(C)(C)C)c1. The molecule has 0 aliphatic carbocycles. The first-order valence-electron chi connectivity index (χ1n) is 9.65. The highest BCUT2D eigenvalue weighted by molar-refractivity contribution is 5.81.